The number of aryl methyl sites for hydroxylation is 1. The molecule has 1 amide bonds. The molecule has 2 rings (SSSR count). The Morgan fingerprint density at radius 2 is 2.05 bits per heavy atom. The molecule has 1 aliphatic rings. The molecule has 0 spiro atoms. The molecular formula is C15H21NO3S. The van der Waals surface area contributed by atoms with Crippen molar-refractivity contribution in [3.05, 3.63) is 16.0 Å². The summed E-state index contributed by atoms with van der Waals surface area (Å²) in [5.41, 5.74) is 1.68. The van der Waals surface area contributed by atoms with Crippen LogP contribution in [-0.4, -0.2) is 18.5 Å². The Morgan fingerprint density at radius 3 is 2.75 bits per heavy atom. The molecule has 0 aliphatic heterocycles. The van der Waals surface area contributed by atoms with Crippen LogP contribution < -0.4 is 5.32 Å². The van der Waals surface area contributed by atoms with Gasteiger partial charge in [-0.05, 0) is 37.7 Å². The maximum Gasteiger partial charge on any atom is 0.341 e. The minimum Gasteiger partial charge on any atom is -0.462 e. The lowest BCUT2D eigenvalue weighted by Gasteiger charge is -2.12. The number of esters is 1. The first kappa shape index (κ1) is 15.0. The van der Waals surface area contributed by atoms with Crippen molar-refractivity contribution in [3.63, 3.8) is 0 Å². The van der Waals surface area contributed by atoms with Gasteiger partial charge in [0, 0.05) is 11.8 Å². The summed E-state index contributed by atoms with van der Waals surface area (Å²) in [6.07, 6.45) is 6.01. The van der Waals surface area contributed by atoms with Crippen LogP contribution in [0, 0.1) is 0 Å². The number of carbonyl (C=O) groups is 2. The van der Waals surface area contributed by atoms with E-state index in [9.17, 15) is 9.59 Å². The van der Waals surface area contributed by atoms with Gasteiger partial charge in [0.25, 0.3) is 0 Å². The SMILES string of the molecule is CCCCOC(=O)c1c(NC(C)=O)sc2c1CCCC2. The van der Waals surface area contributed by atoms with E-state index in [-0.39, 0.29) is 11.9 Å². The Morgan fingerprint density at radius 1 is 1.30 bits per heavy atom. The summed E-state index contributed by atoms with van der Waals surface area (Å²) >= 11 is 1.53. The monoisotopic (exact) mass is 295 g/mol. The van der Waals surface area contributed by atoms with Crippen molar-refractivity contribution in [3.8, 4) is 0 Å². The van der Waals surface area contributed by atoms with Crippen LogP contribution in [0.2, 0.25) is 0 Å². The summed E-state index contributed by atoms with van der Waals surface area (Å²) in [4.78, 5) is 24.8. The highest BCUT2D eigenvalue weighted by molar-refractivity contribution is 7.17. The van der Waals surface area contributed by atoms with E-state index >= 15 is 0 Å². The lowest BCUT2D eigenvalue weighted by molar-refractivity contribution is -0.114. The van der Waals surface area contributed by atoms with Crippen LogP contribution in [0.4, 0.5) is 5.00 Å². The number of thiophene rings is 1. The van der Waals surface area contributed by atoms with Crippen molar-refractivity contribution in [2.45, 2.75) is 52.4 Å². The fraction of sp³-hybridized carbons (Fsp3) is 0.600. The fourth-order valence-electron chi connectivity index (χ4n) is 2.41. The van der Waals surface area contributed by atoms with Crippen LogP contribution in [0.5, 0.6) is 0 Å². The fourth-order valence-corrected chi connectivity index (χ4v) is 3.73. The molecule has 0 saturated carbocycles. The first-order valence-electron chi connectivity index (χ1n) is 7.22. The number of carbonyl (C=O) groups excluding carboxylic acids is 2. The van der Waals surface area contributed by atoms with E-state index in [1.807, 2.05) is 0 Å². The van der Waals surface area contributed by atoms with Gasteiger partial charge in [-0.1, -0.05) is 13.3 Å². The molecule has 5 heteroatoms. The molecule has 1 aliphatic carbocycles. The number of hydrogen-bond donors (Lipinski definition) is 1. The van der Waals surface area contributed by atoms with Gasteiger partial charge < -0.3 is 10.1 Å². The van der Waals surface area contributed by atoms with Gasteiger partial charge in [0.05, 0.1) is 12.2 Å². The molecule has 0 unspecified atom stereocenters. The van der Waals surface area contributed by atoms with Crippen molar-refractivity contribution >= 4 is 28.2 Å². The Kier molecular flexibility index (Phi) is 5.17. The molecule has 1 aromatic heterocycles. The van der Waals surface area contributed by atoms with E-state index in [2.05, 4.69) is 12.2 Å². The second-order valence-corrected chi connectivity index (χ2v) is 6.19. The third-order valence-corrected chi connectivity index (χ3v) is 4.60. The van der Waals surface area contributed by atoms with E-state index in [1.165, 1.54) is 23.1 Å². The summed E-state index contributed by atoms with van der Waals surface area (Å²) in [7, 11) is 0. The molecule has 4 nitrogen and oxygen atoms in total. The largest absolute Gasteiger partial charge is 0.462 e. The highest BCUT2D eigenvalue weighted by Crippen LogP contribution is 2.38. The van der Waals surface area contributed by atoms with Gasteiger partial charge >= 0.3 is 5.97 Å². The van der Waals surface area contributed by atoms with Gasteiger partial charge in [-0.25, -0.2) is 4.79 Å². The Bertz CT molecular complexity index is 507. The Labute approximate surface area is 123 Å². The average Bonchev–Trinajstić information content (AvgIpc) is 2.75. The van der Waals surface area contributed by atoms with E-state index < -0.39 is 0 Å². The zero-order valence-electron chi connectivity index (χ0n) is 12.1. The summed E-state index contributed by atoms with van der Waals surface area (Å²) < 4.78 is 5.33. The average molecular weight is 295 g/mol. The van der Waals surface area contributed by atoms with Crippen LogP contribution >= 0.6 is 11.3 Å². The molecule has 1 heterocycles. The maximum absolute atomic E-state index is 12.3. The highest BCUT2D eigenvalue weighted by Gasteiger charge is 2.26. The van der Waals surface area contributed by atoms with Gasteiger partial charge in [-0.15, -0.1) is 11.3 Å². The molecule has 110 valence electrons. The first-order chi connectivity index (χ1) is 9.63. The summed E-state index contributed by atoms with van der Waals surface area (Å²) in [6, 6.07) is 0. The number of ether oxygens (including phenoxy) is 1. The molecule has 0 fully saturated rings. The van der Waals surface area contributed by atoms with E-state index in [1.54, 1.807) is 0 Å². The Balaban J connectivity index is 2.25. The standard InChI is InChI=1S/C15H21NO3S/c1-3-4-9-19-15(18)13-11-7-5-6-8-12(11)20-14(13)16-10(2)17/h3-9H2,1-2H3,(H,16,17). The van der Waals surface area contributed by atoms with Crippen molar-refractivity contribution < 1.29 is 14.3 Å². The van der Waals surface area contributed by atoms with Crippen molar-refractivity contribution in [1.29, 1.82) is 0 Å². The zero-order chi connectivity index (χ0) is 14.5. The molecule has 1 aromatic rings. The molecule has 0 aromatic carbocycles. The summed E-state index contributed by atoms with van der Waals surface area (Å²) in [5.74, 6) is -0.437. The summed E-state index contributed by atoms with van der Waals surface area (Å²) in [6.45, 7) is 3.97. The minimum absolute atomic E-state index is 0.147. The van der Waals surface area contributed by atoms with Gasteiger partial charge in [0.1, 0.15) is 5.00 Å². The van der Waals surface area contributed by atoms with Crippen LogP contribution in [0.15, 0.2) is 0 Å². The Hall–Kier alpha value is -1.36. The number of amides is 1. The molecular weight excluding hydrogens is 274 g/mol. The smallest absolute Gasteiger partial charge is 0.341 e. The highest BCUT2D eigenvalue weighted by atomic mass is 32.1. The van der Waals surface area contributed by atoms with Crippen molar-refractivity contribution in [1.82, 2.24) is 0 Å². The predicted molar refractivity (Wildman–Crippen MR) is 80.5 cm³/mol. The molecule has 0 saturated heterocycles. The number of unbranched alkanes of at least 4 members (excludes halogenated alkanes) is 1. The van der Waals surface area contributed by atoms with E-state index in [0.717, 1.165) is 44.1 Å². The van der Waals surface area contributed by atoms with Crippen LogP contribution in [0.1, 0.15) is 60.3 Å². The molecule has 0 radical (unpaired) electrons. The van der Waals surface area contributed by atoms with Gasteiger partial charge in [-0.2, -0.15) is 0 Å². The topological polar surface area (TPSA) is 55.4 Å². The lowest BCUT2D eigenvalue weighted by atomic mass is 9.95. The molecule has 0 bridgehead atoms. The van der Waals surface area contributed by atoms with Crippen molar-refractivity contribution in [2.75, 3.05) is 11.9 Å². The zero-order valence-corrected chi connectivity index (χ0v) is 12.9. The normalized spacial score (nSPS) is 13.7. The molecule has 1 N–H and O–H groups in total. The van der Waals surface area contributed by atoms with Crippen molar-refractivity contribution in [2.24, 2.45) is 0 Å². The predicted octanol–water partition coefficient (Wildman–Crippen LogP) is 3.54. The van der Waals surface area contributed by atoms with E-state index in [0.29, 0.717) is 17.2 Å². The maximum atomic E-state index is 12.3. The number of rotatable bonds is 5. The molecule has 0 atom stereocenters. The lowest BCUT2D eigenvalue weighted by Crippen LogP contribution is -2.14. The van der Waals surface area contributed by atoms with Crippen LogP contribution in [0.25, 0.3) is 0 Å². The first-order valence-corrected chi connectivity index (χ1v) is 8.04. The van der Waals surface area contributed by atoms with Crippen LogP contribution in [-0.2, 0) is 22.4 Å². The van der Waals surface area contributed by atoms with Crippen LogP contribution in [0.3, 0.4) is 0 Å². The molecule has 20 heavy (non-hydrogen) atoms. The third-order valence-electron chi connectivity index (χ3n) is 3.40. The second kappa shape index (κ2) is 6.88. The minimum atomic E-state index is -0.290. The second-order valence-electron chi connectivity index (χ2n) is 5.09. The van der Waals surface area contributed by atoms with Gasteiger partial charge in [-0.3, -0.25) is 4.79 Å². The number of anilines is 1. The number of nitrogens with one attached hydrogen (secondary N) is 1. The van der Waals surface area contributed by atoms with E-state index in [4.69, 9.17) is 4.74 Å². The third kappa shape index (κ3) is 3.39. The van der Waals surface area contributed by atoms with Gasteiger partial charge in [0.15, 0.2) is 0 Å². The quantitative estimate of drug-likeness (QED) is 0.667. The summed E-state index contributed by atoms with van der Waals surface area (Å²) in [5, 5.41) is 3.44. The number of fused-ring (bicyclic) bond motifs is 1. The van der Waals surface area contributed by atoms with Gasteiger partial charge in [0.2, 0.25) is 5.91 Å². The number of hydrogen-bond acceptors (Lipinski definition) is 4.